The van der Waals surface area contributed by atoms with Crippen molar-refractivity contribution in [2.75, 3.05) is 4.90 Å². The van der Waals surface area contributed by atoms with E-state index < -0.39 is 0 Å². The molecule has 0 saturated heterocycles. The van der Waals surface area contributed by atoms with Crippen LogP contribution in [0.3, 0.4) is 0 Å². The number of hydrogen-bond donors (Lipinski definition) is 0. The van der Waals surface area contributed by atoms with Gasteiger partial charge in [-0.05, 0) is 111 Å². The normalized spacial score (nSPS) is 11.6. The summed E-state index contributed by atoms with van der Waals surface area (Å²) in [5.74, 6) is 0. The van der Waals surface area contributed by atoms with Crippen molar-refractivity contribution < 1.29 is 0 Å². The summed E-state index contributed by atoms with van der Waals surface area (Å²) in [5.41, 5.74) is 14.1. The smallest absolute Gasteiger partial charge is 0.0547 e. The lowest BCUT2D eigenvalue weighted by Gasteiger charge is -2.26. The molecule has 0 atom stereocenters. The van der Waals surface area contributed by atoms with E-state index in [1.54, 1.807) is 0 Å². The van der Waals surface area contributed by atoms with Crippen LogP contribution in [-0.2, 0) is 0 Å². The molecular formula is C58H38N2S. The molecule has 0 fully saturated rings. The average molecular weight is 795 g/mol. The monoisotopic (exact) mass is 794 g/mol. The Morgan fingerprint density at radius 2 is 0.820 bits per heavy atom. The van der Waals surface area contributed by atoms with Crippen LogP contribution in [0.4, 0.5) is 17.1 Å². The van der Waals surface area contributed by atoms with E-state index in [1.807, 2.05) is 11.3 Å². The molecule has 0 N–H and O–H groups in total. The van der Waals surface area contributed by atoms with Gasteiger partial charge in [0.2, 0.25) is 0 Å². The summed E-state index contributed by atoms with van der Waals surface area (Å²) in [4.78, 5) is 2.36. The molecule has 10 aromatic carbocycles. The highest BCUT2D eigenvalue weighted by Crippen LogP contribution is 2.45. The topological polar surface area (TPSA) is 8.17 Å². The van der Waals surface area contributed by atoms with Gasteiger partial charge in [-0.25, -0.2) is 0 Å². The first kappa shape index (κ1) is 35.2. The van der Waals surface area contributed by atoms with E-state index in [2.05, 4.69) is 240 Å². The molecule has 0 radical (unpaired) electrons. The Morgan fingerprint density at radius 3 is 1.44 bits per heavy atom. The van der Waals surface area contributed by atoms with Gasteiger partial charge in [-0.1, -0.05) is 158 Å². The molecule has 286 valence electrons. The van der Waals surface area contributed by atoms with E-state index in [1.165, 1.54) is 86.1 Å². The Morgan fingerprint density at radius 1 is 0.328 bits per heavy atom. The highest BCUT2D eigenvalue weighted by atomic mass is 32.1. The van der Waals surface area contributed by atoms with E-state index in [4.69, 9.17) is 0 Å². The quantitative estimate of drug-likeness (QED) is 0.156. The van der Waals surface area contributed by atoms with E-state index in [9.17, 15) is 0 Å². The van der Waals surface area contributed by atoms with Crippen molar-refractivity contribution >= 4 is 81.1 Å². The Labute approximate surface area is 358 Å². The van der Waals surface area contributed by atoms with Crippen LogP contribution in [0.2, 0.25) is 0 Å². The van der Waals surface area contributed by atoms with Gasteiger partial charge in [0.05, 0.1) is 11.0 Å². The van der Waals surface area contributed by atoms with Crippen LogP contribution in [0.15, 0.2) is 231 Å². The number of anilines is 3. The van der Waals surface area contributed by atoms with E-state index in [0.717, 1.165) is 22.7 Å². The summed E-state index contributed by atoms with van der Waals surface area (Å²) in [5, 5.41) is 7.60. The second-order valence-corrected chi connectivity index (χ2v) is 16.8. The SMILES string of the molecule is c1ccc(-c2ccc(N(c3ccc(-c4ccccc4)cc3)c3ccc(-c4cc(-n5c6ccccc6c6cc7ccccc7cc65)cc5c4sc4ccccc45)cc3)cc2)cc1. The molecule has 0 amide bonds. The van der Waals surface area contributed by atoms with Gasteiger partial charge in [0, 0.05) is 59.3 Å². The maximum atomic E-state index is 2.47. The molecule has 2 nitrogen and oxygen atoms in total. The summed E-state index contributed by atoms with van der Waals surface area (Å²) in [6.45, 7) is 0. The third-order valence-corrected chi connectivity index (χ3v) is 13.4. The van der Waals surface area contributed by atoms with Gasteiger partial charge in [-0.3, -0.25) is 0 Å². The number of rotatable bonds is 7. The lowest BCUT2D eigenvalue weighted by Crippen LogP contribution is -2.09. The Balaban J connectivity index is 1.02. The second kappa shape index (κ2) is 14.5. The minimum atomic E-state index is 1.10. The summed E-state index contributed by atoms with van der Waals surface area (Å²) in [6, 6.07) is 84.1. The molecule has 3 heteroatoms. The van der Waals surface area contributed by atoms with Crippen LogP contribution < -0.4 is 4.90 Å². The standard InChI is InChI=1S/C58H38N2S/c1-3-13-39(14-4-1)41-23-29-46(30-24-41)59(47-31-25-42(26-32-47)40-15-5-2-6-16-40)48-33-27-43(28-34-48)52-37-49(38-54-51-20-10-12-22-57(51)61-58(52)54)60-55-21-11-9-19-50(55)53-35-44-17-7-8-18-45(44)36-56(53)60/h1-38H. The molecule has 0 aliphatic carbocycles. The Kier molecular flexibility index (Phi) is 8.39. The van der Waals surface area contributed by atoms with Crippen molar-refractivity contribution in [3.63, 3.8) is 0 Å². The van der Waals surface area contributed by atoms with Crippen molar-refractivity contribution in [1.29, 1.82) is 0 Å². The first-order valence-electron chi connectivity index (χ1n) is 20.8. The fraction of sp³-hybridized carbons (Fsp3) is 0. The largest absolute Gasteiger partial charge is 0.311 e. The molecule has 0 spiro atoms. The molecule has 0 aliphatic rings. The van der Waals surface area contributed by atoms with E-state index in [0.29, 0.717) is 0 Å². The summed E-state index contributed by atoms with van der Waals surface area (Å²) in [7, 11) is 0. The third-order valence-electron chi connectivity index (χ3n) is 12.2. The Hall–Kier alpha value is -7.72. The van der Waals surface area contributed by atoms with Crippen molar-refractivity contribution in [3.8, 4) is 39.1 Å². The van der Waals surface area contributed by atoms with Crippen molar-refractivity contribution in [2.24, 2.45) is 0 Å². The van der Waals surface area contributed by atoms with Gasteiger partial charge in [0.1, 0.15) is 0 Å². The molecule has 61 heavy (non-hydrogen) atoms. The fourth-order valence-corrected chi connectivity index (χ4v) is 10.4. The van der Waals surface area contributed by atoms with Crippen LogP contribution in [-0.4, -0.2) is 4.57 Å². The molecular weight excluding hydrogens is 757 g/mol. The van der Waals surface area contributed by atoms with Crippen LogP contribution in [0.25, 0.3) is 91.8 Å². The lowest BCUT2D eigenvalue weighted by molar-refractivity contribution is 1.19. The number of fused-ring (bicyclic) bond motifs is 7. The zero-order valence-corrected chi connectivity index (χ0v) is 34.1. The average Bonchev–Trinajstić information content (AvgIpc) is 3.87. The predicted octanol–water partition coefficient (Wildman–Crippen LogP) is 16.8. The zero-order chi connectivity index (χ0) is 40.3. The molecule has 2 aromatic heterocycles. The first-order chi connectivity index (χ1) is 30.2. The highest BCUT2D eigenvalue weighted by Gasteiger charge is 2.19. The van der Waals surface area contributed by atoms with Gasteiger partial charge in [-0.15, -0.1) is 11.3 Å². The van der Waals surface area contributed by atoms with Crippen LogP contribution in [0.1, 0.15) is 0 Å². The van der Waals surface area contributed by atoms with Gasteiger partial charge in [0.25, 0.3) is 0 Å². The maximum absolute atomic E-state index is 2.47. The number of benzene rings is 10. The molecule has 0 unspecified atom stereocenters. The second-order valence-electron chi connectivity index (χ2n) is 15.7. The molecule has 2 heterocycles. The fourth-order valence-electron chi connectivity index (χ4n) is 9.19. The molecule has 12 rings (SSSR count). The highest BCUT2D eigenvalue weighted by molar-refractivity contribution is 7.26. The first-order valence-corrected chi connectivity index (χ1v) is 21.6. The molecule has 0 aliphatic heterocycles. The van der Waals surface area contributed by atoms with Crippen molar-refractivity contribution in [2.45, 2.75) is 0 Å². The number of thiophene rings is 1. The van der Waals surface area contributed by atoms with Gasteiger partial charge in [-0.2, -0.15) is 0 Å². The third kappa shape index (κ3) is 6.09. The molecule has 0 bridgehead atoms. The van der Waals surface area contributed by atoms with Crippen LogP contribution in [0.5, 0.6) is 0 Å². The maximum Gasteiger partial charge on any atom is 0.0547 e. The number of aromatic nitrogens is 1. The number of para-hydroxylation sites is 1. The minimum Gasteiger partial charge on any atom is -0.311 e. The van der Waals surface area contributed by atoms with E-state index >= 15 is 0 Å². The molecule has 12 aromatic rings. The van der Waals surface area contributed by atoms with Crippen molar-refractivity contribution in [3.05, 3.63) is 231 Å². The molecule has 0 saturated carbocycles. The summed E-state index contributed by atoms with van der Waals surface area (Å²) >= 11 is 1.88. The zero-order valence-electron chi connectivity index (χ0n) is 33.2. The Bertz CT molecular complexity index is 3460. The van der Waals surface area contributed by atoms with Crippen LogP contribution in [0, 0.1) is 0 Å². The van der Waals surface area contributed by atoms with Gasteiger partial charge < -0.3 is 9.47 Å². The number of nitrogens with zero attached hydrogens (tertiary/aromatic N) is 2. The van der Waals surface area contributed by atoms with Crippen molar-refractivity contribution in [1.82, 2.24) is 4.57 Å². The summed E-state index contributed by atoms with van der Waals surface area (Å²) < 4.78 is 5.07. The summed E-state index contributed by atoms with van der Waals surface area (Å²) in [6.07, 6.45) is 0. The van der Waals surface area contributed by atoms with E-state index in [-0.39, 0.29) is 0 Å². The lowest BCUT2D eigenvalue weighted by atomic mass is 10.00. The number of hydrogen-bond acceptors (Lipinski definition) is 2. The van der Waals surface area contributed by atoms with Gasteiger partial charge in [0.15, 0.2) is 0 Å². The minimum absolute atomic E-state index is 1.10. The predicted molar refractivity (Wildman–Crippen MR) is 262 cm³/mol. The van der Waals surface area contributed by atoms with Gasteiger partial charge >= 0.3 is 0 Å². The van der Waals surface area contributed by atoms with Crippen LogP contribution >= 0.6 is 11.3 Å².